The average molecular weight is 850 g/mol. The maximum Gasteiger partial charge on any atom is 0.220 e. The van der Waals surface area contributed by atoms with E-state index in [0.717, 1.165) is 51.4 Å². The molecule has 2 saturated heterocycles. The monoisotopic (exact) mass is 850 g/mol. The molecule has 2 aliphatic heterocycles. The first kappa shape index (κ1) is 54.1. The van der Waals surface area contributed by atoms with Crippen molar-refractivity contribution in [2.24, 2.45) is 0 Å². The molecule has 12 atom stereocenters. The number of carbonyl (C=O) groups excluding carboxylic acids is 1. The van der Waals surface area contributed by atoms with E-state index in [9.17, 15) is 45.6 Å². The van der Waals surface area contributed by atoms with Crippen molar-refractivity contribution >= 4 is 5.91 Å². The highest BCUT2D eigenvalue weighted by atomic mass is 16.7. The summed E-state index contributed by atoms with van der Waals surface area (Å²) in [5.74, 6) is -0.213. The summed E-state index contributed by atoms with van der Waals surface area (Å²) >= 11 is 0. The normalized spacial score (nSPS) is 28.4. The standard InChI is InChI=1S/C45H87NO13/c1-3-5-7-9-11-12-13-14-15-16-17-18-19-20-21-23-24-26-28-34(49)33(46-37(50)29-27-25-22-10-8-6-4-2)32-56-44-42(55)40(53)43(36(31-48)58-44)59-45-41(54)39(52)38(51)35(30-47)57-45/h33-36,38-45,47-49,51-55H,3-32H2,1-2H3,(H,46,50). The molecule has 59 heavy (non-hydrogen) atoms. The maximum absolute atomic E-state index is 13.0. The number of hydrogen-bond acceptors (Lipinski definition) is 13. The third-order valence-electron chi connectivity index (χ3n) is 12.1. The second-order valence-electron chi connectivity index (χ2n) is 17.2. The summed E-state index contributed by atoms with van der Waals surface area (Å²) in [7, 11) is 0. The van der Waals surface area contributed by atoms with Gasteiger partial charge in [0, 0.05) is 6.42 Å². The van der Waals surface area contributed by atoms with Crippen LogP contribution >= 0.6 is 0 Å². The van der Waals surface area contributed by atoms with E-state index < -0.39 is 86.8 Å². The summed E-state index contributed by atoms with van der Waals surface area (Å²) in [6.07, 6.45) is 14.2. The fourth-order valence-corrected chi connectivity index (χ4v) is 8.12. The van der Waals surface area contributed by atoms with E-state index in [1.807, 2.05) is 0 Å². The largest absolute Gasteiger partial charge is 0.394 e. The summed E-state index contributed by atoms with van der Waals surface area (Å²) in [6.45, 7) is 2.80. The Hall–Kier alpha value is -1.01. The van der Waals surface area contributed by atoms with E-state index >= 15 is 0 Å². The van der Waals surface area contributed by atoms with Gasteiger partial charge in [0.2, 0.25) is 5.91 Å². The lowest BCUT2D eigenvalue weighted by Crippen LogP contribution is -2.65. The van der Waals surface area contributed by atoms with Gasteiger partial charge in [0.05, 0.1) is 32.0 Å². The Balaban J connectivity index is 1.81. The lowest BCUT2D eigenvalue weighted by Gasteiger charge is -2.46. The minimum atomic E-state index is -1.78. The summed E-state index contributed by atoms with van der Waals surface area (Å²) in [5, 5.41) is 86.5. The number of aliphatic hydroxyl groups is 8. The van der Waals surface area contributed by atoms with E-state index in [2.05, 4.69) is 19.2 Å². The molecule has 0 saturated carbocycles. The molecule has 0 radical (unpaired) electrons. The highest BCUT2D eigenvalue weighted by molar-refractivity contribution is 5.76. The van der Waals surface area contributed by atoms with Crippen molar-refractivity contribution in [2.45, 2.75) is 261 Å². The lowest BCUT2D eigenvalue weighted by atomic mass is 9.97. The summed E-state index contributed by atoms with van der Waals surface area (Å²) in [5.41, 5.74) is 0. The van der Waals surface area contributed by atoms with Gasteiger partial charge in [0.15, 0.2) is 12.6 Å². The molecule has 12 unspecified atom stereocenters. The van der Waals surface area contributed by atoms with Gasteiger partial charge in [-0.05, 0) is 12.8 Å². The van der Waals surface area contributed by atoms with Gasteiger partial charge in [-0.2, -0.15) is 0 Å². The van der Waals surface area contributed by atoms with E-state index in [4.69, 9.17) is 18.9 Å². The fourth-order valence-electron chi connectivity index (χ4n) is 8.12. The third kappa shape index (κ3) is 21.8. The maximum atomic E-state index is 13.0. The molecule has 0 spiro atoms. The molecule has 2 fully saturated rings. The zero-order valence-electron chi connectivity index (χ0n) is 36.8. The molecule has 0 aromatic heterocycles. The number of aliphatic hydroxyl groups excluding tert-OH is 8. The number of rotatable bonds is 36. The Morgan fingerprint density at radius 3 is 1.44 bits per heavy atom. The van der Waals surface area contributed by atoms with Crippen molar-refractivity contribution in [3.63, 3.8) is 0 Å². The molecule has 14 heteroatoms. The molecule has 2 aliphatic rings. The van der Waals surface area contributed by atoms with Gasteiger partial charge in [-0.1, -0.05) is 168 Å². The van der Waals surface area contributed by atoms with Gasteiger partial charge in [0.1, 0.15) is 48.8 Å². The van der Waals surface area contributed by atoms with Crippen molar-refractivity contribution in [3.05, 3.63) is 0 Å². The number of amides is 1. The zero-order chi connectivity index (χ0) is 43.3. The molecule has 14 nitrogen and oxygen atoms in total. The first-order valence-corrected chi connectivity index (χ1v) is 23.8. The Morgan fingerprint density at radius 1 is 0.542 bits per heavy atom. The Kier molecular flexibility index (Phi) is 30.8. The fraction of sp³-hybridized carbons (Fsp3) is 0.978. The molecule has 0 aliphatic carbocycles. The van der Waals surface area contributed by atoms with E-state index in [0.29, 0.717) is 12.8 Å². The van der Waals surface area contributed by atoms with Crippen LogP contribution in [0.2, 0.25) is 0 Å². The second-order valence-corrected chi connectivity index (χ2v) is 17.2. The van der Waals surface area contributed by atoms with Gasteiger partial charge in [-0.15, -0.1) is 0 Å². The van der Waals surface area contributed by atoms with Crippen LogP contribution < -0.4 is 5.32 Å². The van der Waals surface area contributed by atoms with Crippen LogP contribution in [0, 0.1) is 0 Å². The molecule has 0 aromatic carbocycles. The van der Waals surface area contributed by atoms with Crippen LogP contribution in [0.1, 0.15) is 187 Å². The first-order chi connectivity index (χ1) is 28.6. The Morgan fingerprint density at radius 2 is 0.966 bits per heavy atom. The Labute approximate surface area is 355 Å². The minimum absolute atomic E-state index is 0.213. The van der Waals surface area contributed by atoms with Crippen LogP contribution in [0.25, 0.3) is 0 Å². The second kappa shape index (κ2) is 33.5. The number of unbranched alkanes of at least 4 members (excludes halogenated alkanes) is 23. The predicted molar refractivity (Wildman–Crippen MR) is 226 cm³/mol. The highest BCUT2D eigenvalue weighted by Crippen LogP contribution is 2.30. The van der Waals surface area contributed by atoms with E-state index in [1.54, 1.807) is 0 Å². The van der Waals surface area contributed by atoms with Crippen LogP contribution in [0.15, 0.2) is 0 Å². The molecular formula is C45H87NO13. The predicted octanol–water partition coefficient (Wildman–Crippen LogP) is 5.05. The number of nitrogens with one attached hydrogen (secondary N) is 1. The molecule has 2 rings (SSSR count). The van der Waals surface area contributed by atoms with Crippen molar-refractivity contribution in [1.82, 2.24) is 5.32 Å². The molecule has 0 aromatic rings. The summed E-state index contributed by atoms with van der Waals surface area (Å²) in [4.78, 5) is 13.0. The van der Waals surface area contributed by atoms with E-state index in [1.165, 1.54) is 109 Å². The molecule has 1 amide bonds. The third-order valence-corrected chi connectivity index (χ3v) is 12.1. The van der Waals surface area contributed by atoms with Crippen LogP contribution in [0.4, 0.5) is 0 Å². The van der Waals surface area contributed by atoms with Crippen molar-refractivity contribution in [1.29, 1.82) is 0 Å². The van der Waals surface area contributed by atoms with Gasteiger partial charge >= 0.3 is 0 Å². The smallest absolute Gasteiger partial charge is 0.220 e. The quantitative estimate of drug-likeness (QED) is 0.0377. The van der Waals surface area contributed by atoms with Crippen LogP contribution in [-0.2, 0) is 23.7 Å². The molecule has 0 bridgehead atoms. The molecule has 2 heterocycles. The van der Waals surface area contributed by atoms with Gasteiger partial charge in [-0.25, -0.2) is 0 Å². The van der Waals surface area contributed by atoms with Crippen LogP contribution in [0.3, 0.4) is 0 Å². The van der Waals surface area contributed by atoms with Crippen LogP contribution in [-0.4, -0.2) is 140 Å². The molecule has 9 N–H and O–H groups in total. The molecule has 350 valence electrons. The minimum Gasteiger partial charge on any atom is -0.394 e. The number of carbonyl (C=O) groups is 1. The highest BCUT2D eigenvalue weighted by Gasteiger charge is 2.51. The lowest BCUT2D eigenvalue weighted by molar-refractivity contribution is -0.359. The Bertz CT molecular complexity index is 1010. The van der Waals surface area contributed by atoms with Gasteiger partial charge in [0.25, 0.3) is 0 Å². The van der Waals surface area contributed by atoms with Crippen molar-refractivity contribution in [2.75, 3.05) is 19.8 Å². The van der Waals surface area contributed by atoms with Crippen molar-refractivity contribution in [3.8, 4) is 0 Å². The number of ether oxygens (including phenoxy) is 4. The van der Waals surface area contributed by atoms with Gasteiger partial charge in [-0.3, -0.25) is 4.79 Å². The number of hydrogen-bond donors (Lipinski definition) is 9. The molecular weight excluding hydrogens is 762 g/mol. The summed E-state index contributed by atoms with van der Waals surface area (Å²) < 4.78 is 22.7. The zero-order valence-corrected chi connectivity index (χ0v) is 36.8. The summed E-state index contributed by atoms with van der Waals surface area (Å²) in [6, 6.07) is -0.818. The SMILES string of the molecule is CCCCCCCCCCCCCCCCCCCCC(O)C(COC1OC(CO)C(OC2OC(CO)C(O)C(O)C2O)C(O)C1O)NC(=O)CCCCCCCCC. The van der Waals surface area contributed by atoms with E-state index in [-0.39, 0.29) is 12.5 Å². The van der Waals surface area contributed by atoms with Crippen LogP contribution in [0.5, 0.6) is 0 Å². The topological polar surface area (TPSA) is 228 Å². The van der Waals surface area contributed by atoms with Gasteiger partial charge < -0.3 is 65.1 Å². The van der Waals surface area contributed by atoms with Crippen molar-refractivity contribution < 1.29 is 64.6 Å². The first-order valence-electron chi connectivity index (χ1n) is 23.8. The average Bonchev–Trinajstić information content (AvgIpc) is 3.23.